The second-order valence-electron chi connectivity index (χ2n) is 3.24. The normalized spacial score (nSPS) is 9.38. The highest BCUT2D eigenvalue weighted by Gasteiger charge is 2.02. The van der Waals surface area contributed by atoms with Crippen molar-refractivity contribution in [2.75, 3.05) is 0 Å². The van der Waals surface area contributed by atoms with Crippen LogP contribution in [0.5, 0.6) is 0 Å². The number of isocyanates is 1. The zero-order valence-corrected chi connectivity index (χ0v) is 10.4. The first-order valence-electron chi connectivity index (χ1n) is 4.69. The summed E-state index contributed by atoms with van der Waals surface area (Å²) in [4.78, 5) is 24.2. The smallest absolute Gasteiger partial charge is 0.235 e. The highest BCUT2D eigenvalue weighted by atomic mass is 79.9. The summed E-state index contributed by atoms with van der Waals surface area (Å²) in [6.07, 6.45) is 1.49. The van der Waals surface area contributed by atoms with E-state index < -0.39 is 0 Å². The van der Waals surface area contributed by atoms with Gasteiger partial charge in [-0.3, -0.25) is 4.79 Å². The fourth-order valence-corrected chi connectivity index (χ4v) is 1.74. The van der Waals surface area contributed by atoms with E-state index in [2.05, 4.69) is 26.2 Å². The average Bonchev–Trinajstić information content (AvgIpc) is 2.24. The molecule has 0 aliphatic rings. The Bertz CT molecular complexity index is 440. The Kier molecular flexibility index (Phi) is 4.89. The Hall–Kier alpha value is -1.45. The lowest BCUT2D eigenvalue weighted by Gasteiger charge is -2.06. The van der Waals surface area contributed by atoms with Crippen LogP contribution in [-0.2, 0) is 22.7 Å². The fourth-order valence-electron chi connectivity index (χ4n) is 1.18. The predicted molar refractivity (Wildman–Crippen MR) is 63.5 cm³/mol. The molecule has 0 saturated carbocycles. The summed E-state index contributed by atoms with van der Waals surface area (Å²) in [6, 6.07) is 5.62. The van der Waals surface area contributed by atoms with Crippen molar-refractivity contribution in [3.8, 4) is 0 Å². The number of benzene rings is 1. The van der Waals surface area contributed by atoms with Crippen molar-refractivity contribution in [3.63, 3.8) is 0 Å². The Morgan fingerprint density at radius 2 is 2.31 bits per heavy atom. The number of hydrogen-bond acceptors (Lipinski definition) is 3. The zero-order chi connectivity index (χ0) is 12.0. The lowest BCUT2D eigenvalue weighted by atomic mass is 10.1. The second kappa shape index (κ2) is 6.20. The van der Waals surface area contributed by atoms with Crippen LogP contribution in [0.15, 0.2) is 27.7 Å². The van der Waals surface area contributed by atoms with E-state index in [1.54, 1.807) is 0 Å². The molecule has 0 aromatic heterocycles. The number of amides is 1. The Morgan fingerprint density at radius 1 is 1.56 bits per heavy atom. The van der Waals surface area contributed by atoms with Crippen LogP contribution in [0.4, 0.5) is 0 Å². The van der Waals surface area contributed by atoms with E-state index in [9.17, 15) is 9.59 Å². The van der Waals surface area contributed by atoms with Gasteiger partial charge in [-0.2, -0.15) is 0 Å². The Morgan fingerprint density at radius 3 is 2.88 bits per heavy atom. The number of hydrogen-bond donors (Lipinski definition) is 1. The highest BCUT2D eigenvalue weighted by molar-refractivity contribution is 9.10. The molecule has 0 aliphatic heterocycles. The van der Waals surface area contributed by atoms with Crippen LogP contribution >= 0.6 is 15.9 Å². The predicted octanol–water partition coefficient (Wildman–Crippen LogP) is 1.92. The summed E-state index contributed by atoms with van der Waals surface area (Å²) in [5.74, 6) is -0.0680. The summed E-state index contributed by atoms with van der Waals surface area (Å²) in [5.41, 5.74) is 1.90. The molecule has 0 aliphatic carbocycles. The number of nitrogens with one attached hydrogen (secondary N) is 1. The summed E-state index contributed by atoms with van der Waals surface area (Å²) in [7, 11) is 0. The lowest BCUT2D eigenvalue weighted by Crippen LogP contribution is -2.19. The van der Waals surface area contributed by atoms with Crippen molar-refractivity contribution in [2.45, 2.75) is 20.0 Å². The number of carbonyl (C=O) groups is 1. The van der Waals surface area contributed by atoms with E-state index in [-0.39, 0.29) is 5.91 Å². The van der Waals surface area contributed by atoms with Crippen LogP contribution in [0, 0.1) is 0 Å². The van der Waals surface area contributed by atoms with Crippen molar-refractivity contribution < 1.29 is 9.59 Å². The van der Waals surface area contributed by atoms with Gasteiger partial charge in [0.15, 0.2) is 0 Å². The van der Waals surface area contributed by atoms with Crippen LogP contribution < -0.4 is 5.32 Å². The number of aliphatic imine (C=N–C) groups is 1. The van der Waals surface area contributed by atoms with E-state index in [4.69, 9.17) is 0 Å². The van der Waals surface area contributed by atoms with Crippen LogP contribution in [0.25, 0.3) is 0 Å². The van der Waals surface area contributed by atoms with Gasteiger partial charge in [0.25, 0.3) is 0 Å². The van der Waals surface area contributed by atoms with Gasteiger partial charge in [0.05, 0.1) is 6.54 Å². The van der Waals surface area contributed by atoms with Gasteiger partial charge in [0.2, 0.25) is 12.0 Å². The first-order valence-corrected chi connectivity index (χ1v) is 5.48. The second-order valence-corrected chi connectivity index (χ2v) is 4.10. The molecule has 1 aromatic carbocycles. The SMILES string of the molecule is CC(=O)NCc1ccc(CN=C=O)cc1Br. The molecule has 16 heavy (non-hydrogen) atoms. The van der Waals surface area contributed by atoms with E-state index in [1.807, 2.05) is 18.2 Å². The Balaban J connectivity index is 2.74. The third-order valence-electron chi connectivity index (χ3n) is 1.97. The standard InChI is InChI=1S/C11H11BrN2O2/c1-8(16)14-6-10-3-2-9(4-11(10)12)5-13-7-15/h2-4H,5-6H2,1H3,(H,14,16). The molecule has 4 nitrogen and oxygen atoms in total. The zero-order valence-electron chi connectivity index (χ0n) is 8.79. The van der Waals surface area contributed by atoms with E-state index in [0.29, 0.717) is 13.1 Å². The van der Waals surface area contributed by atoms with Crippen LogP contribution in [0.2, 0.25) is 0 Å². The maximum Gasteiger partial charge on any atom is 0.235 e. The van der Waals surface area contributed by atoms with E-state index >= 15 is 0 Å². The molecule has 0 unspecified atom stereocenters. The molecule has 0 atom stereocenters. The van der Waals surface area contributed by atoms with Crippen molar-refractivity contribution in [1.29, 1.82) is 0 Å². The molecular weight excluding hydrogens is 272 g/mol. The first-order chi connectivity index (χ1) is 7.63. The molecule has 0 bridgehead atoms. The van der Waals surface area contributed by atoms with Gasteiger partial charge in [-0.05, 0) is 17.2 Å². The van der Waals surface area contributed by atoms with Gasteiger partial charge in [0.1, 0.15) is 0 Å². The van der Waals surface area contributed by atoms with Crippen LogP contribution in [0.1, 0.15) is 18.1 Å². The minimum Gasteiger partial charge on any atom is -0.352 e. The molecule has 1 N–H and O–H groups in total. The maximum absolute atomic E-state index is 10.8. The number of nitrogens with zero attached hydrogens (tertiary/aromatic N) is 1. The molecular formula is C11H11BrN2O2. The minimum absolute atomic E-state index is 0.0680. The summed E-state index contributed by atoms with van der Waals surface area (Å²) >= 11 is 3.40. The molecule has 0 heterocycles. The first kappa shape index (κ1) is 12.6. The van der Waals surface area contributed by atoms with E-state index in [0.717, 1.165) is 15.6 Å². The lowest BCUT2D eigenvalue weighted by molar-refractivity contribution is -0.119. The summed E-state index contributed by atoms with van der Waals surface area (Å²) in [5, 5.41) is 2.71. The van der Waals surface area contributed by atoms with Crippen LogP contribution in [-0.4, -0.2) is 12.0 Å². The molecule has 0 radical (unpaired) electrons. The molecule has 0 saturated heterocycles. The largest absolute Gasteiger partial charge is 0.352 e. The molecule has 1 aromatic rings. The van der Waals surface area contributed by atoms with Crippen molar-refractivity contribution in [1.82, 2.24) is 5.32 Å². The maximum atomic E-state index is 10.8. The molecule has 0 spiro atoms. The molecule has 84 valence electrons. The van der Waals surface area contributed by atoms with E-state index in [1.165, 1.54) is 13.0 Å². The minimum atomic E-state index is -0.0680. The molecule has 0 fully saturated rings. The van der Waals surface area contributed by atoms with Gasteiger partial charge < -0.3 is 5.32 Å². The van der Waals surface area contributed by atoms with Crippen LogP contribution in [0.3, 0.4) is 0 Å². The number of rotatable bonds is 4. The Labute approximate surface area is 102 Å². The average molecular weight is 283 g/mol. The quantitative estimate of drug-likeness (QED) is 0.678. The van der Waals surface area contributed by atoms with Crippen molar-refractivity contribution >= 4 is 27.9 Å². The van der Waals surface area contributed by atoms with Gasteiger partial charge >= 0.3 is 0 Å². The number of halogens is 1. The van der Waals surface area contributed by atoms with Gasteiger partial charge in [-0.1, -0.05) is 28.1 Å². The monoisotopic (exact) mass is 282 g/mol. The van der Waals surface area contributed by atoms with Crippen molar-refractivity contribution in [2.24, 2.45) is 4.99 Å². The van der Waals surface area contributed by atoms with Gasteiger partial charge in [0, 0.05) is 17.9 Å². The van der Waals surface area contributed by atoms with Gasteiger partial charge in [-0.15, -0.1) is 0 Å². The molecule has 1 amide bonds. The fraction of sp³-hybridized carbons (Fsp3) is 0.273. The number of carbonyl (C=O) groups excluding carboxylic acids is 2. The summed E-state index contributed by atoms with van der Waals surface area (Å²) < 4.78 is 0.889. The third kappa shape index (κ3) is 3.96. The summed E-state index contributed by atoms with van der Waals surface area (Å²) in [6.45, 7) is 2.27. The topological polar surface area (TPSA) is 58.5 Å². The van der Waals surface area contributed by atoms with Crippen molar-refractivity contribution in [3.05, 3.63) is 33.8 Å². The third-order valence-corrected chi connectivity index (χ3v) is 2.71. The molecule has 1 rings (SSSR count). The molecule has 5 heteroatoms. The highest BCUT2D eigenvalue weighted by Crippen LogP contribution is 2.19. The van der Waals surface area contributed by atoms with Gasteiger partial charge in [-0.25, -0.2) is 9.79 Å².